The Balaban J connectivity index is 1.50. The maximum Gasteiger partial charge on any atom is 0.409 e. The van der Waals surface area contributed by atoms with E-state index in [1.54, 1.807) is 22.1 Å². The summed E-state index contributed by atoms with van der Waals surface area (Å²) in [5.74, 6) is 0.200. The summed E-state index contributed by atoms with van der Waals surface area (Å²) in [4.78, 5) is 44.1. The van der Waals surface area contributed by atoms with Crippen molar-refractivity contribution in [1.29, 1.82) is 0 Å². The Kier molecular flexibility index (Phi) is 6.64. The molecule has 2 aliphatic rings. The lowest BCUT2D eigenvalue weighted by atomic mass is 9.81. The third-order valence-corrected chi connectivity index (χ3v) is 8.23. The van der Waals surface area contributed by atoms with Crippen molar-refractivity contribution < 1.29 is 19.1 Å². The molecule has 1 fully saturated rings. The van der Waals surface area contributed by atoms with Crippen molar-refractivity contribution >= 4 is 58.3 Å². The summed E-state index contributed by atoms with van der Waals surface area (Å²) < 4.78 is 5.84. The van der Waals surface area contributed by atoms with Crippen molar-refractivity contribution in [3.05, 3.63) is 40.0 Å². The van der Waals surface area contributed by atoms with Crippen LogP contribution in [0.15, 0.2) is 28.6 Å². The molecule has 0 aliphatic carbocycles. The molecule has 1 spiro atoms. The van der Waals surface area contributed by atoms with Crippen molar-refractivity contribution in [3.8, 4) is 0 Å². The van der Waals surface area contributed by atoms with E-state index in [1.807, 2.05) is 12.1 Å². The van der Waals surface area contributed by atoms with Gasteiger partial charge in [0.25, 0.3) is 0 Å². The Bertz CT molecular complexity index is 1060. The highest BCUT2D eigenvalue weighted by Gasteiger charge is 2.50. The summed E-state index contributed by atoms with van der Waals surface area (Å²) in [6.07, 6.45) is 2.58. The van der Waals surface area contributed by atoms with E-state index < -0.39 is 0 Å². The number of anilines is 1. The summed E-state index contributed by atoms with van der Waals surface area (Å²) >= 11 is 9.24. The van der Waals surface area contributed by atoms with Crippen LogP contribution in [-0.4, -0.2) is 60.3 Å². The van der Waals surface area contributed by atoms with Crippen LogP contribution in [0, 0.1) is 0 Å². The fourth-order valence-corrected chi connectivity index (χ4v) is 6.51. The number of rotatable bonds is 6. The summed E-state index contributed by atoms with van der Waals surface area (Å²) in [5, 5.41) is 1.32. The molecular formula is C21H23ClN4O4S2. The van der Waals surface area contributed by atoms with Crippen molar-refractivity contribution in [2.45, 2.75) is 28.9 Å². The van der Waals surface area contributed by atoms with Crippen LogP contribution in [0.2, 0.25) is 5.02 Å². The van der Waals surface area contributed by atoms with E-state index in [-0.39, 0.29) is 29.7 Å². The zero-order valence-corrected chi connectivity index (χ0v) is 19.9. The van der Waals surface area contributed by atoms with Gasteiger partial charge < -0.3 is 20.3 Å². The Morgan fingerprint density at radius 3 is 2.91 bits per heavy atom. The molecule has 32 heavy (non-hydrogen) atoms. The van der Waals surface area contributed by atoms with Gasteiger partial charge in [-0.05, 0) is 30.2 Å². The molecule has 4 rings (SSSR count). The molecule has 3 heterocycles. The summed E-state index contributed by atoms with van der Waals surface area (Å²) in [6, 6.07) is 5.56. The van der Waals surface area contributed by atoms with Crippen LogP contribution in [0.4, 0.5) is 10.5 Å². The average molecular weight is 495 g/mol. The number of hydrogen-bond donors (Lipinski definition) is 1. The number of thiazole rings is 1. The van der Waals surface area contributed by atoms with E-state index in [2.05, 4.69) is 4.98 Å². The molecule has 0 saturated carbocycles. The Hall–Kier alpha value is -2.30. The molecule has 2 aromatic rings. The van der Waals surface area contributed by atoms with Crippen molar-refractivity contribution in [1.82, 2.24) is 9.88 Å². The van der Waals surface area contributed by atoms with E-state index in [0.29, 0.717) is 36.8 Å². The smallest absolute Gasteiger partial charge is 0.409 e. The Morgan fingerprint density at radius 1 is 1.34 bits per heavy atom. The predicted molar refractivity (Wildman–Crippen MR) is 124 cm³/mol. The number of hydrogen-bond acceptors (Lipinski definition) is 7. The number of nitrogens with two attached hydrogens (primary N) is 1. The number of likely N-dealkylation sites (tertiary alicyclic amines) is 1. The molecule has 1 atom stereocenters. The van der Waals surface area contributed by atoms with Crippen LogP contribution in [0.5, 0.6) is 0 Å². The lowest BCUT2D eigenvalue weighted by Gasteiger charge is -2.25. The van der Waals surface area contributed by atoms with E-state index in [1.165, 1.54) is 30.2 Å². The maximum absolute atomic E-state index is 13.3. The van der Waals surface area contributed by atoms with Gasteiger partial charge in [-0.3, -0.25) is 9.59 Å². The van der Waals surface area contributed by atoms with Crippen LogP contribution < -0.4 is 10.6 Å². The highest BCUT2D eigenvalue weighted by atomic mass is 35.5. The molecule has 170 valence electrons. The van der Waals surface area contributed by atoms with Crippen LogP contribution in [-0.2, 0) is 26.2 Å². The second kappa shape index (κ2) is 9.29. The van der Waals surface area contributed by atoms with Gasteiger partial charge in [0.15, 0.2) is 0 Å². The standard InChI is InChI=1S/C21H23ClN4O4S2/c1-30-20(29)25-6-5-21(11-25)12-26(15-3-2-13(22)8-14(15)21)18(28)9-17-24-10-19(32-17)31-7-4-16(23)27/h2-3,8,10H,4-7,9,11-12H2,1H3,(H2,23,27). The minimum absolute atomic E-state index is 0.0509. The predicted octanol–water partition coefficient (Wildman–Crippen LogP) is 3.06. The van der Waals surface area contributed by atoms with E-state index >= 15 is 0 Å². The zero-order chi connectivity index (χ0) is 22.9. The second-order valence-corrected chi connectivity index (χ2v) is 10.8. The van der Waals surface area contributed by atoms with Crippen molar-refractivity contribution in [3.63, 3.8) is 0 Å². The maximum atomic E-state index is 13.3. The first-order valence-electron chi connectivity index (χ1n) is 10.1. The third kappa shape index (κ3) is 4.57. The van der Waals surface area contributed by atoms with E-state index in [9.17, 15) is 14.4 Å². The number of methoxy groups -OCH3 is 1. The van der Waals surface area contributed by atoms with Gasteiger partial charge in [0.05, 0.1) is 23.9 Å². The minimum atomic E-state index is -0.362. The number of thioether (sulfide) groups is 1. The fourth-order valence-electron chi connectivity index (χ4n) is 4.29. The molecule has 2 aliphatic heterocycles. The van der Waals surface area contributed by atoms with E-state index in [4.69, 9.17) is 22.1 Å². The molecule has 1 unspecified atom stereocenters. The number of amides is 3. The molecular weight excluding hydrogens is 472 g/mol. The lowest BCUT2D eigenvalue weighted by Crippen LogP contribution is -2.40. The number of aromatic nitrogens is 1. The molecule has 1 aromatic carbocycles. The molecule has 0 radical (unpaired) electrons. The van der Waals surface area contributed by atoms with Crippen LogP contribution in [0.25, 0.3) is 0 Å². The number of ether oxygens (including phenoxy) is 1. The van der Waals surface area contributed by atoms with Gasteiger partial charge in [0.1, 0.15) is 5.01 Å². The largest absolute Gasteiger partial charge is 0.453 e. The molecule has 3 amide bonds. The number of halogens is 1. The minimum Gasteiger partial charge on any atom is -0.453 e. The van der Waals surface area contributed by atoms with E-state index in [0.717, 1.165) is 26.9 Å². The first-order chi connectivity index (χ1) is 15.3. The van der Waals surface area contributed by atoms with Gasteiger partial charge in [0, 0.05) is 47.9 Å². The van der Waals surface area contributed by atoms with Crippen molar-refractivity contribution in [2.75, 3.05) is 37.4 Å². The monoisotopic (exact) mass is 494 g/mol. The number of carbonyl (C=O) groups is 3. The van der Waals surface area contributed by atoms with Gasteiger partial charge in [0.2, 0.25) is 11.8 Å². The Labute approximate surface area is 199 Å². The molecule has 0 bridgehead atoms. The highest BCUT2D eigenvalue weighted by molar-refractivity contribution is 8.01. The van der Waals surface area contributed by atoms with Gasteiger partial charge >= 0.3 is 6.09 Å². The number of nitrogens with zero attached hydrogens (tertiary/aromatic N) is 3. The molecule has 1 saturated heterocycles. The molecule has 2 N–H and O–H groups in total. The van der Waals surface area contributed by atoms with Crippen LogP contribution >= 0.6 is 34.7 Å². The summed E-state index contributed by atoms with van der Waals surface area (Å²) in [5.41, 5.74) is 6.64. The number of carbonyl (C=O) groups excluding carboxylic acids is 3. The van der Waals surface area contributed by atoms with Gasteiger partial charge in [-0.25, -0.2) is 9.78 Å². The van der Waals surface area contributed by atoms with Gasteiger partial charge in [-0.2, -0.15) is 0 Å². The quantitative estimate of drug-likeness (QED) is 0.618. The normalized spacial score (nSPS) is 19.4. The molecule has 1 aromatic heterocycles. The first kappa shape index (κ1) is 22.9. The number of primary amides is 1. The lowest BCUT2D eigenvalue weighted by molar-refractivity contribution is -0.118. The topological polar surface area (TPSA) is 106 Å². The first-order valence-corrected chi connectivity index (χ1v) is 12.3. The van der Waals surface area contributed by atoms with Crippen LogP contribution in [0.1, 0.15) is 23.4 Å². The fraction of sp³-hybridized carbons (Fsp3) is 0.429. The number of fused-ring (bicyclic) bond motifs is 2. The Morgan fingerprint density at radius 2 is 2.16 bits per heavy atom. The average Bonchev–Trinajstić information content (AvgIpc) is 3.46. The SMILES string of the molecule is COC(=O)N1CCC2(C1)CN(C(=O)Cc1ncc(SCCC(N)=O)s1)c1ccc(Cl)cc12. The number of benzene rings is 1. The van der Waals surface area contributed by atoms with Gasteiger partial charge in [-0.1, -0.05) is 11.6 Å². The zero-order valence-electron chi connectivity index (χ0n) is 17.5. The third-order valence-electron chi connectivity index (χ3n) is 5.80. The van der Waals surface area contributed by atoms with Crippen LogP contribution in [0.3, 0.4) is 0 Å². The summed E-state index contributed by atoms with van der Waals surface area (Å²) in [7, 11) is 1.37. The molecule has 11 heteroatoms. The molecule has 8 nitrogen and oxygen atoms in total. The van der Waals surface area contributed by atoms with Gasteiger partial charge in [-0.15, -0.1) is 23.1 Å². The summed E-state index contributed by atoms with van der Waals surface area (Å²) in [6.45, 7) is 1.54. The second-order valence-electron chi connectivity index (χ2n) is 7.88. The highest BCUT2D eigenvalue weighted by Crippen LogP contribution is 2.47. The van der Waals surface area contributed by atoms with Crippen molar-refractivity contribution in [2.24, 2.45) is 5.73 Å².